The first-order chi connectivity index (χ1) is 25.7. The second kappa shape index (κ2) is 15.8. The third-order valence-corrected chi connectivity index (χ3v) is 11.3. The van der Waals surface area contributed by atoms with Crippen molar-refractivity contribution in [1.82, 2.24) is 29.8 Å². The summed E-state index contributed by atoms with van der Waals surface area (Å²) in [7, 11) is 1.49. The number of methoxy groups -OCH3 is 1. The number of hydrogen-bond acceptors (Lipinski definition) is 10. The summed E-state index contributed by atoms with van der Waals surface area (Å²) < 4.78 is 7.41. The Morgan fingerprint density at radius 3 is 2.38 bits per heavy atom. The molecule has 4 saturated heterocycles. The minimum absolute atomic E-state index is 0.104. The lowest BCUT2D eigenvalue weighted by atomic mass is 9.91. The van der Waals surface area contributed by atoms with Crippen LogP contribution in [0.1, 0.15) is 61.3 Å². The van der Waals surface area contributed by atoms with Gasteiger partial charge in [0.2, 0.25) is 11.8 Å². The van der Waals surface area contributed by atoms with E-state index in [4.69, 9.17) is 4.74 Å². The van der Waals surface area contributed by atoms with Crippen LogP contribution in [0.5, 0.6) is 5.75 Å². The van der Waals surface area contributed by atoms with Crippen molar-refractivity contribution >= 4 is 47.3 Å². The van der Waals surface area contributed by atoms with E-state index in [1.54, 1.807) is 46.6 Å². The van der Waals surface area contributed by atoms with Gasteiger partial charge >= 0.3 is 12.0 Å². The number of rotatable bonds is 9. The molecule has 16 nitrogen and oxygen atoms in total. The zero-order valence-electron chi connectivity index (χ0n) is 30.0. The van der Waals surface area contributed by atoms with Crippen molar-refractivity contribution in [2.24, 2.45) is 16.8 Å². The second-order valence-corrected chi connectivity index (χ2v) is 14.5. The molecule has 16 heteroatoms. The maximum Gasteiger partial charge on any atom is 0.332 e. The van der Waals surface area contributed by atoms with Crippen LogP contribution in [0.3, 0.4) is 0 Å². The molecule has 0 saturated carbocycles. The Labute approximate surface area is 308 Å². The molecule has 5 amide bonds. The molecule has 2 aromatic rings. The van der Waals surface area contributed by atoms with E-state index in [1.807, 2.05) is 15.8 Å². The number of benzene rings is 1. The molecular formula is C37H47N9O7. The monoisotopic (exact) mass is 729 g/mol. The van der Waals surface area contributed by atoms with Crippen molar-refractivity contribution < 1.29 is 33.8 Å². The SMILES string of the molecule is COc1ccc(C(=O)N2CCC(C(=O)N3CCC(CN4CCC(n5cc(N6C=CN=CC6C(=O)O)cn5)CC4)CC3)CC2)cc1N1CCC(=O)NC1=O. The van der Waals surface area contributed by atoms with Gasteiger partial charge in [-0.3, -0.25) is 34.3 Å². The number of piperidine rings is 3. The largest absolute Gasteiger partial charge is 0.495 e. The van der Waals surface area contributed by atoms with Crippen molar-refractivity contribution in [2.75, 3.05) is 69.3 Å². The van der Waals surface area contributed by atoms with E-state index in [9.17, 15) is 29.1 Å². The molecule has 6 heterocycles. The van der Waals surface area contributed by atoms with Crippen LogP contribution in [0.15, 0.2) is 48.0 Å². The van der Waals surface area contributed by atoms with Crippen LogP contribution in [-0.4, -0.2) is 131 Å². The van der Waals surface area contributed by atoms with Gasteiger partial charge in [0.15, 0.2) is 6.04 Å². The van der Waals surface area contributed by atoms with E-state index in [0.717, 1.165) is 64.1 Å². The highest BCUT2D eigenvalue weighted by molar-refractivity contribution is 6.07. The summed E-state index contributed by atoms with van der Waals surface area (Å²) in [5, 5.41) is 16.4. The Morgan fingerprint density at radius 1 is 0.943 bits per heavy atom. The van der Waals surface area contributed by atoms with Crippen molar-refractivity contribution in [3.8, 4) is 5.75 Å². The molecule has 1 atom stereocenters. The molecule has 0 aliphatic carbocycles. The highest BCUT2D eigenvalue weighted by atomic mass is 16.5. The van der Waals surface area contributed by atoms with Gasteiger partial charge in [-0.1, -0.05) is 0 Å². The number of carbonyl (C=O) groups excluding carboxylic acids is 4. The number of aromatic nitrogens is 2. The lowest BCUT2D eigenvalue weighted by Crippen LogP contribution is -2.49. The number of urea groups is 1. The van der Waals surface area contributed by atoms with E-state index < -0.39 is 18.0 Å². The Bertz CT molecular complexity index is 1770. The molecule has 7 rings (SSSR count). The third-order valence-electron chi connectivity index (χ3n) is 11.3. The molecule has 282 valence electrons. The molecule has 4 fully saturated rings. The van der Waals surface area contributed by atoms with Crippen LogP contribution < -0.4 is 19.9 Å². The summed E-state index contributed by atoms with van der Waals surface area (Å²) in [4.78, 5) is 76.2. The fourth-order valence-corrected chi connectivity index (χ4v) is 8.16. The third kappa shape index (κ3) is 7.92. The number of hydrogen-bond donors (Lipinski definition) is 2. The fourth-order valence-electron chi connectivity index (χ4n) is 8.16. The second-order valence-electron chi connectivity index (χ2n) is 14.5. The minimum atomic E-state index is -0.960. The van der Waals surface area contributed by atoms with Crippen LogP contribution in [0, 0.1) is 11.8 Å². The predicted molar refractivity (Wildman–Crippen MR) is 195 cm³/mol. The maximum absolute atomic E-state index is 13.5. The summed E-state index contributed by atoms with van der Waals surface area (Å²) >= 11 is 0. The average Bonchev–Trinajstić information content (AvgIpc) is 3.68. The minimum Gasteiger partial charge on any atom is -0.495 e. The Kier molecular flexibility index (Phi) is 10.8. The molecule has 5 aliphatic heterocycles. The molecule has 5 aliphatic rings. The Balaban J connectivity index is 0.840. The van der Waals surface area contributed by atoms with E-state index in [2.05, 4.69) is 20.3 Å². The van der Waals surface area contributed by atoms with Gasteiger partial charge in [-0.2, -0.15) is 5.10 Å². The first-order valence-electron chi connectivity index (χ1n) is 18.5. The zero-order chi connectivity index (χ0) is 37.1. The number of aliphatic carboxylic acids is 1. The van der Waals surface area contributed by atoms with Crippen molar-refractivity contribution in [2.45, 2.75) is 57.0 Å². The highest BCUT2D eigenvalue weighted by Crippen LogP contribution is 2.33. The van der Waals surface area contributed by atoms with E-state index in [0.29, 0.717) is 48.8 Å². The molecule has 2 N–H and O–H groups in total. The van der Waals surface area contributed by atoms with Gasteiger partial charge in [-0.05, 0) is 62.6 Å². The van der Waals surface area contributed by atoms with Gasteiger partial charge in [0.25, 0.3) is 5.91 Å². The van der Waals surface area contributed by atoms with Gasteiger partial charge in [-0.25, -0.2) is 9.59 Å². The first-order valence-corrected chi connectivity index (χ1v) is 18.5. The molecule has 1 aromatic carbocycles. The normalized spacial score (nSPS) is 22.3. The first kappa shape index (κ1) is 36.1. The number of imide groups is 1. The Morgan fingerprint density at radius 2 is 1.68 bits per heavy atom. The summed E-state index contributed by atoms with van der Waals surface area (Å²) in [5.41, 5.74) is 1.59. The smallest absolute Gasteiger partial charge is 0.332 e. The average molecular weight is 730 g/mol. The van der Waals surface area contributed by atoms with Crippen molar-refractivity contribution in [3.63, 3.8) is 0 Å². The standard InChI is InChI=1S/C37H47N9O7/c1-53-32-3-2-27(20-30(32)45-18-10-33(47)40-37(45)52)35(49)43-16-6-26(7-17-43)34(48)42-14-4-25(5-15-42)23-41-12-8-28(9-13-41)46-24-29(21-39-46)44-19-11-38-22-31(44)36(50)51/h2-3,11,19-22,24-26,28,31H,4-10,12-18,23H2,1H3,(H,50,51)(H,40,47,52). The summed E-state index contributed by atoms with van der Waals surface area (Å²) in [6.45, 7) is 5.63. The number of amides is 5. The van der Waals surface area contributed by atoms with E-state index >= 15 is 0 Å². The topological polar surface area (TPSA) is 173 Å². The lowest BCUT2D eigenvalue weighted by molar-refractivity contribution is -0.138. The maximum atomic E-state index is 13.5. The number of likely N-dealkylation sites (tertiary alicyclic amines) is 3. The summed E-state index contributed by atoms with van der Waals surface area (Å²) in [5.74, 6) is -0.396. The molecule has 0 bridgehead atoms. The van der Waals surface area contributed by atoms with Gasteiger partial charge in [-0.15, -0.1) is 0 Å². The number of ether oxygens (including phenoxy) is 1. The highest BCUT2D eigenvalue weighted by Gasteiger charge is 2.34. The summed E-state index contributed by atoms with van der Waals surface area (Å²) in [6.07, 6.45) is 13.6. The molecule has 0 spiro atoms. The Hall–Kier alpha value is -5.25. The van der Waals surface area contributed by atoms with Crippen molar-refractivity contribution in [3.05, 3.63) is 48.6 Å². The zero-order valence-corrected chi connectivity index (χ0v) is 30.0. The van der Waals surface area contributed by atoms with Crippen LogP contribution in [-0.2, 0) is 14.4 Å². The number of nitrogens with zero attached hydrogens (tertiary/aromatic N) is 8. The van der Waals surface area contributed by atoms with Gasteiger partial charge in [0, 0.05) is 95.1 Å². The number of carboxylic acid groups (broad SMARTS) is 1. The number of nitrogens with one attached hydrogen (secondary N) is 1. The predicted octanol–water partition coefficient (Wildman–Crippen LogP) is 2.58. The fraction of sp³-hybridized carbons (Fsp3) is 0.541. The van der Waals surface area contributed by atoms with Crippen LogP contribution in [0.2, 0.25) is 0 Å². The van der Waals surface area contributed by atoms with Gasteiger partial charge < -0.3 is 29.4 Å². The molecular weight excluding hydrogens is 682 g/mol. The number of anilines is 2. The van der Waals surface area contributed by atoms with E-state index in [-0.39, 0.29) is 42.6 Å². The molecule has 1 aromatic heterocycles. The van der Waals surface area contributed by atoms with Crippen molar-refractivity contribution in [1.29, 1.82) is 0 Å². The quantitative estimate of drug-likeness (QED) is 0.391. The number of carboxylic acids is 1. The lowest BCUT2D eigenvalue weighted by Gasteiger charge is -2.39. The van der Waals surface area contributed by atoms with E-state index in [1.165, 1.54) is 18.2 Å². The van der Waals surface area contributed by atoms with Crippen LogP contribution in [0.25, 0.3) is 0 Å². The molecule has 1 unspecified atom stereocenters. The van der Waals surface area contributed by atoms with Crippen LogP contribution in [0.4, 0.5) is 16.2 Å². The van der Waals surface area contributed by atoms with Crippen LogP contribution >= 0.6 is 0 Å². The summed E-state index contributed by atoms with van der Waals surface area (Å²) in [6, 6.07) is 3.85. The number of carbonyl (C=O) groups is 5. The van der Waals surface area contributed by atoms with Gasteiger partial charge in [0.05, 0.1) is 30.7 Å². The molecule has 53 heavy (non-hydrogen) atoms. The number of aliphatic imine (C=N–C) groups is 1. The molecule has 0 radical (unpaired) electrons. The van der Waals surface area contributed by atoms with Gasteiger partial charge in [0.1, 0.15) is 5.75 Å².